The monoisotopic (exact) mass is 284 g/mol. The second-order valence-corrected chi connectivity index (χ2v) is 6.70. The van der Waals surface area contributed by atoms with Gasteiger partial charge in [0, 0.05) is 18.2 Å². The van der Waals surface area contributed by atoms with Gasteiger partial charge >= 0.3 is 0 Å². The zero-order valence-corrected chi connectivity index (χ0v) is 11.5. The minimum atomic E-state index is -0.379. The summed E-state index contributed by atoms with van der Waals surface area (Å²) in [4.78, 5) is 18.1. The Labute approximate surface area is 121 Å². The van der Waals surface area contributed by atoms with Gasteiger partial charge in [-0.1, -0.05) is 0 Å². The number of hydrogen-bond donors (Lipinski definition) is 2. The molecule has 4 unspecified atom stereocenters. The number of anilines is 1. The van der Waals surface area contributed by atoms with Gasteiger partial charge in [0.15, 0.2) is 0 Å². The minimum absolute atomic E-state index is 0.0963. The zero-order chi connectivity index (χ0) is 14.1. The Morgan fingerprint density at radius 2 is 2.05 bits per heavy atom. The van der Waals surface area contributed by atoms with Crippen molar-refractivity contribution in [3.8, 4) is 0 Å². The smallest absolute Gasteiger partial charge is 0.271 e. The van der Waals surface area contributed by atoms with Gasteiger partial charge in [0.05, 0.1) is 16.0 Å². The van der Waals surface area contributed by atoms with E-state index in [-0.39, 0.29) is 10.6 Å². The van der Waals surface area contributed by atoms with Crippen molar-refractivity contribution in [2.75, 3.05) is 5.32 Å². The highest BCUT2D eigenvalue weighted by Gasteiger charge is 2.65. The number of nitro benzene ring substituents is 1. The number of nitrogens with one attached hydrogen (secondary N) is 2. The molecule has 6 nitrogen and oxygen atoms in total. The number of benzene rings is 1. The molecule has 1 heterocycles. The molecular formula is C15H16N4O2. The van der Waals surface area contributed by atoms with Gasteiger partial charge in [-0.15, -0.1) is 0 Å². The number of rotatable bonds is 3. The number of non-ortho nitro benzene ring substituents is 1. The van der Waals surface area contributed by atoms with Gasteiger partial charge in [-0.05, 0) is 49.0 Å². The summed E-state index contributed by atoms with van der Waals surface area (Å²) in [7, 11) is 0. The summed E-state index contributed by atoms with van der Waals surface area (Å²) in [5.41, 5.74) is 1.59. The molecule has 21 heavy (non-hydrogen) atoms. The van der Waals surface area contributed by atoms with Crippen LogP contribution in [0.5, 0.6) is 0 Å². The number of fused-ring (bicyclic) bond motifs is 6. The van der Waals surface area contributed by atoms with Crippen LogP contribution in [0.15, 0.2) is 18.2 Å². The van der Waals surface area contributed by atoms with E-state index in [0.29, 0.717) is 6.04 Å². The molecular weight excluding hydrogens is 268 g/mol. The van der Waals surface area contributed by atoms with Gasteiger partial charge in [0.1, 0.15) is 0 Å². The number of aromatic nitrogens is 2. The molecule has 2 aromatic rings. The molecule has 1 aromatic heterocycles. The molecule has 3 fully saturated rings. The average Bonchev–Trinajstić information content (AvgIpc) is 2.86. The molecule has 6 heteroatoms. The molecule has 0 spiro atoms. The Kier molecular flexibility index (Phi) is 2.06. The Hall–Kier alpha value is -2.11. The number of nitro groups is 1. The molecule has 5 rings (SSSR count). The summed E-state index contributed by atoms with van der Waals surface area (Å²) < 4.78 is 0. The molecule has 3 saturated carbocycles. The van der Waals surface area contributed by atoms with Crippen LogP contribution in [0.3, 0.4) is 0 Å². The van der Waals surface area contributed by atoms with Crippen molar-refractivity contribution in [1.82, 2.24) is 9.97 Å². The van der Waals surface area contributed by atoms with E-state index in [1.54, 1.807) is 12.1 Å². The first-order valence-corrected chi connectivity index (χ1v) is 7.61. The molecule has 4 atom stereocenters. The molecule has 108 valence electrons. The Balaban J connectivity index is 1.40. The number of aromatic amines is 1. The van der Waals surface area contributed by atoms with Crippen LogP contribution in [-0.2, 0) is 0 Å². The van der Waals surface area contributed by atoms with Crippen LogP contribution >= 0.6 is 0 Å². The fraction of sp³-hybridized carbons (Fsp3) is 0.533. The average molecular weight is 284 g/mol. The maximum absolute atomic E-state index is 10.8. The normalized spacial score (nSPS) is 35.9. The lowest BCUT2D eigenvalue weighted by atomic mass is 10.0. The van der Waals surface area contributed by atoms with Crippen molar-refractivity contribution >= 4 is 22.7 Å². The van der Waals surface area contributed by atoms with Crippen molar-refractivity contribution in [2.24, 2.45) is 23.7 Å². The molecule has 0 radical (unpaired) electrons. The van der Waals surface area contributed by atoms with Crippen LogP contribution < -0.4 is 5.32 Å². The van der Waals surface area contributed by atoms with Gasteiger partial charge in [-0.3, -0.25) is 10.1 Å². The fourth-order valence-electron chi connectivity index (χ4n) is 4.86. The number of hydrogen-bond acceptors (Lipinski definition) is 4. The van der Waals surface area contributed by atoms with Crippen molar-refractivity contribution in [3.63, 3.8) is 0 Å². The van der Waals surface area contributed by atoms with Crippen LogP contribution in [0.2, 0.25) is 0 Å². The van der Waals surface area contributed by atoms with E-state index >= 15 is 0 Å². The topological polar surface area (TPSA) is 83.8 Å². The minimum Gasteiger partial charge on any atom is -0.352 e. The van der Waals surface area contributed by atoms with E-state index in [9.17, 15) is 10.1 Å². The van der Waals surface area contributed by atoms with Crippen LogP contribution in [0.1, 0.15) is 19.3 Å². The maximum atomic E-state index is 10.8. The lowest BCUT2D eigenvalue weighted by molar-refractivity contribution is -0.384. The van der Waals surface area contributed by atoms with Crippen molar-refractivity contribution in [2.45, 2.75) is 25.3 Å². The first-order valence-electron chi connectivity index (χ1n) is 7.61. The second-order valence-electron chi connectivity index (χ2n) is 6.70. The van der Waals surface area contributed by atoms with Gasteiger partial charge in [-0.2, -0.15) is 0 Å². The molecule has 2 bridgehead atoms. The van der Waals surface area contributed by atoms with Crippen molar-refractivity contribution in [1.29, 1.82) is 0 Å². The summed E-state index contributed by atoms with van der Waals surface area (Å²) >= 11 is 0. The fourth-order valence-corrected chi connectivity index (χ4v) is 4.86. The molecule has 3 aliphatic rings. The standard InChI is InChI=1S/C15H16N4O2/c20-19(21)9-3-4-10-11(6-9)17-15(16-10)18-14-12-7-1-2-8(5-7)13(12)14/h3-4,6-8,12-14H,1-2,5H2,(H2,16,17,18). The highest BCUT2D eigenvalue weighted by molar-refractivity contribution is 5.80. The highest BCUT2D eigenvalue weighted by Crippen LogP contribution is 2.66. The number of nitrogens with zero attached hydrogens (tertiary/aromatic N) is 2. The van der Waals surface area contributed by atoms with Crippen LogP contribution in [0.4, 0.5) is 11.6 Å². The molecule has 1 aromatic carbocycles. The third kappa shape index (κ3) is 1.56. The third-order valence-corrected chi connectivity index (χ3v) is 5.71. The van der Waals surface area contributed by atoms with E-state index in [1.807, 2.05) is 0 Å². The maximum Gasteiger partial charge on any atom is 0.271 e. The summed E-state index contributed by atoms with van der Waals surface area (Å²) in [5, 5.41) is 14.3. The SMILES string of the molecule is O=[N+]([O-])c1ccc2nc(NC3C4C5CCC(C5)C34)[nH]c2c1. The molecule has 2 N–H and O–H groups in total. The zero-order valence-electron chi connectivity index (χ0n) is 11.5. The Morgan fingerprint density at radius 3 is 2.76 bits per heavy atom. The first kappa shape index (κ1) is 11.5. The van der Waals surface area contributed by atoms with Gasteiger partial charge in [-0.25, -0.2) is 4.98 Å². The summed E-state index contributed by atoms with van der Waals surface area (Å²) in [6.07, 6.45) is 4.23. The van der Waals surface area contributed by atoms with E-state index < -0.39 is 0 Å². The predicted molar refractivity (Wildman–Crippen MR) is 78.0 cm³/mol. The van der Waals surface area contributed by atoms with Crippen LogP contribution in [0.25, 0.3) is 11.0 Å². The first-order chi connectivity index (χ1) is 10.2. The lowest BCUT2D eigenvalue weighted by Gasteiger charge is -2.09. The number of H-pyrrole nitrogens is 1. The van der Waals surface area contributed by atoms with E-state index in [2.05, 4.69) is 15.3 Å². The van der Waals surface area contributed by atoms with E-state index in [1.165, 1.54) is 25.3 Å². The van der Waals surface area contributed by atoms with Gasteiger partial charge in [0.25, 0.3) is 5.69 Å². The summed E-state index contributed by atoms with van der Waals surface area (Å²) in [6, 6.07) is 5.31. The third-order valence-electron chi connectivity index (χ3n) is 5.71. The highest BCUT2D eigenvalue weighted by atomic mass is 16.6. The molecule has 0 aliphatic heterocycles. The molecule has 0 saturated heterocycles. The summed E-state index contributed by atoms with van der Waals surface area (Å²) in [6.45, 7) is 0. The largest absolute Gasteiger partial charge is 0.352 e. The Morgan fingerprint density at radius 1 is 1.29 bits per heavy atom. The lowest BCUT2D eigenvalue weighted by Crippen LogP contribution is -2.13. The predicted octanol–water partition coefficient (Wildman–Crippen LogP) is 2.93. The van der Waals surface area contributed by atoms with Crippen LogP contribution in [0, 0.1) is 33.8 Å². The van der Waals surface area contributed by atoms with Gasteiger partial charge in [0.2, 0.25) is 5.95 Å². The van der Waals surface area contributed by atoms with E-state index in [0.717, 1.165) is 40.7 Å². The molecule has 3 aliphatic carbocycles. The Bertz CT molecular complexity index is 739. The van der Waals surface area contributed by atoms with Gasteiger partial charge < -0.3 is 10.3 Å². The van der Waals surface area contributed by atoms with Crippen LogP contribution in [-0.4, -0.2) is 20.9 Å². The second kappa shape index (κ2) is 3.75. The van der Waals surface area contributed by atoms with Crippen molar-refractivity contribution in [3.05, 3.63) is 28.3 Å². The molecule has 0 amide bonds. The summed E-state index contributed by atoms with van der Waals surface area (Å²) in [5.74, 6) is 4.27. The number of imidazole rings is 1. The quantitative estimate of drug-likeness (QED) is 0.670. The van der Waals surface area contributed by atoms with Crippen molar-refractivity contribution < 1.29 is 4.92 Å². The van der Waals surface area contributed by atoms with E-state index in [4.69, 9.17) is 0 Å².